The Labute approximate surface area is 158 Å². The van der Waals surface area contributed by atoms with E-state index in [9.17, 15) is 19.7 Å². The lowest BCUT2D eigenvalue weighted by atomic mass is 9.96. The smallest absolute Gasteiger partial charge is 0.311 e. The number of benzene rings is 1. The van der Waals surface area contributed by atoms with E-state index in [1.807, 2.05) is 0 Å². The van der Waals surface area contributed by atoms with Crippen LogP contribution in [0.2, 0.25) is 0 Å². The van der Waals surface area contributed by atoms with Crippen LogP contribution in [0.15, 0.2) is 51.5 Å². The van der Waals surface area contributed by atoms with Gasteiger partial charge in [0, 0.05) is 17.2 Å². The minimum Gasteiger partial charge on any atom is -0.490 e. The van der Waals surface area contributed by atoms with Crippen molar-refractivity contribution in [2.24, 2.45) is 0 Å². The number of amides is 2. The third kappa shape index (κ3) is 3.26. The van der Waals surface area contributed by atoms with E-state index in [1.165, 1.54) is 32.2 Å². The topological polar surface area (TPSA) is 135 Å². The van der Waals surface area contributed by atoms with Crippen molar-refractivity contribution in [3.05, 3.63) is 62.9 Å². The molecule has 0 radical (unpaired) electrons. The standard InChI is InChI=1S/C19H13N3O6/c1-10-13(18(23)21-19(24)14(10)9-20)8-12-4-6-16(28-12)11-3-5-17(27-2)15(7-11)22(25)26/h3-8H,1-2H3,(H,21,23,24)/b13-8-. The quantitative estimate of drug-likeness (QED) is 0.373. The van der Waals surface area contributed by atoms with Gasteiger partial charge >= 0.3 is 5.69 Å². The highest BCUT2D eigenvalue weighted by molar-refractivity contribution is 6.19. The van der Waals surface area contributed by atoms with Gasteiger partial charge < -0.3 is 9.15 Å². The molecule has 0 atom stereocenters. The van der Waals surface area contributed by atoms with Crippen LogP contribution < -0.4 is 10.1 Å². The number of nitriles is 1. The molecule has 9 nitrogen and oxygen atoms in total. The van der Waals surface area contributed by atoms with Crippen molar-refractivity contribution in [1.82, 2.24) is 5.32 Å². The number of carbonyl (C=O) groups is 2. The number of imide groups is 1. The summed E-state index contributed by atoms with van der Waals surface area (Å²) < 4.78 is 10.6. The number of rotatable bonds is 4. The zero-order valence-corrected chi connectivity index (χ0v) is 14.8. The van der Waals surface area contributed by atoms with Crippen molar-refractivity contribution < 1.29 is 23.7 Å². The molecule has 3 rings (SSSR count). The molecule has 2 aromatic rings. The monoisotopic (exact) mass is 379 g/mol. The Morgan fingerprint density at radius 1 is 1.25 bits per heavy atom. The van der Waals surface area contributed by atoms with Crippen molar-refractivity contribution >= 4 is 23.6 Å². The number of carbonyl (C=O) groups excluding carboxylic acids is 2. The van der Waals surface area contributed by atoms with Gasteiger partial charge in [-0.2, -0.15) is 5.26 Å². The molecule has 1 aliphatic heterocycles. The van der Waals surface area contributed by atoms with E-state index < -0.39 is 16.7 Å². The fraction of sp³-hybridized carbons (Fsp3) is 0.105. The van der Waals surface area contributed by atoms with E-state index in [0.29, 0.717) is 11.3 Å². The lowest BCUT2D eigenvalue weighted by Gasteiger charge is -2.15. The fourth-order valence-corrected chi connectivity index (χ4v) is 2.73. The van der Waals surface area contributed by atoms with E-state index >= 15 is 0 Å². The number of nitro benzene ring substituents is 1. The van der Waals surface area contributed by atoms with E-state index in [4.69, 9.17) is 14.4 Å². The Morgan fingerprint density at radius 2 is 2.00 bits per heavy atom. The molecule has 9 heteroatoms. The first kappa shape index (κ1) is 18.6. The molecule has 1 aromatic carbocycles. The largest absolute Gasteiger partial charge is 0.490 e. The van der Waals surface area contributed by atoms with Crippen LogP contribution in [0.5, 0.6) is 5.75 Å². The number of methoxy groups -OCH3 is 1. The summed E-state index contributed by atoms with van der Waals surface area (Å²) in [6, 6.07) is 9.31. The van der Waals surface area contributed by atoms with E-state index in [2.05, 4.69) is 5.32 Å². The summed E-state index contributed by atoms with van der Waals surface area (Å²) in [4.78, 5) is 34.3. The lowest BCUT2D eigenvalue weighted by Crippen LogP contribution is -2.37. The molecule has 0 unspecified atom stereocenters. The summed E-state index contributed by atoms with van der Waals surface area (Å²) in [6.07, 6.45) is 1.40. The SMILES string of the molecule is COc1ccc(-c2ccc(/C=C3\C(=O)NC(=O)C(C#N)=C3C)o2)cc1[N+](=O)[O-]. The van der Waals surface area contributed by atoms with Crippen LogP contribution in [0.3, 0.4) is 0 Å². The summed E-state index contributed by atoms with van der Waals surface area (Å²) in [5.74, 6) is -0.639. The average molecular weight is 379 g/mol. The first-order chi connectivity index (χ1) is 13.3. The molecular formula is C19H13N3O6. The molecule has 1 N–H and O–H groups in total. The molecule has 0 aliphatic carbocycles. The van der Waals surface area contributed by atoms with Gasteiger partial charge in [-0.05, 0) is 42.8 Å². The summed E-state index contributed by atoms with van der Waals surface area (Å²) in [5.41, 5.74) is 0.458. The number of ether oxygens (including phenoxy) is 1. The molecule has 1 aromatic heterocycles. The highest BCUT2D eigenvalue weighted by Crippen LogP contribution is 2.33. The molecule has 140 valence electrons. The summed E-state index contributed by atoms with van der Waals surface area (Å²) in [5, 5.41) is 22.3. The second-order valence-electron chi connectivity index (χ2n) is 5.80. The summed E-state index contributed by atoms with van der Waals surface area (Å²) >= 11 is 0. The van der Waals surface area contributed by atoms with Gasteiger partial charge in [-0.15, -0.1) is 0 Å². The van der Waals surface area contributed by atoms with Crippen molar-refractivity contribution in [3.63, 3.8) is 0 Å². The lowest BCUT2D eigenvalue weighted by molar-refractivity contribution is -0.385. The zero-order valence-electron chi connectivity index (χ0n) is 14.8. The molecule has 28 heavy (non-hydrogen) atoms. The van der Waals surface area contributed by atoms with Crippen molar-refractivity contribution in [2.45, 2.75) is 6.92 Å². The van der Waals surface area contributed by atoms with Gasteiger partial charge in [0.05, 0.1) is 12.0 Å². The van der Waals surface area contributed by atoms with Crippen LogP contribution in [0.25, 0.3) is 17.4 Å². The molecule has 1 aliphatic rings. The number of hydrogen-bond acceptors (Lipinski definition) is 7. The van der Waals surface area contributed by atoms with Crippen molar-refractivity contribution in [3.8, 4) is 23.1 Å². The average Bonchev–Trinajstić information content (AvgIpc) is 3.13. The van der Waals surface area contributed by atoms with E-state index in [0.717, 1.165) is 0 Å². The fourth-order valence-electron chi connectivity index (χ4n) is 2.73. The number of nitro groups is 1. The Hall–Kier alpha value is -4.19. The number of nitrogens with one attached hydrogen (secondary N) is 1. The van der Waals surface area contributed by atoms with Gasteiger partial charge in [-0.3, -0.25) is 25.0 Å². The molecule has 0 saturated heterocycles. The molecule has 2 heterocycles. The third-order valence-electron chi connectivity index (χ3n) is 4.16. The second-order valence-corrected chi connectivity index (χ2v) is 5.80. The normalized spacial score (nSPS) is 15.4. The zero-order chi connectivity index (χ0) is 20.4. The Kier molecular flexibility index (Phi) is 4.78. The Balaban J connectivity index is 2.01. The second kappa shape index (κ2) is 7.20. The first-order valence-corrected chi connectivity index (χ1v) is 7.97. The van der Waals surface area contributed by atoms with Crippen LogP contribution >= 0.6 is 0 Å². The maximum Gasteiger partial charge on any atom is 0.311 e. The minimum atomic E-state index is -0.743. The van der Waals surface area contributed by atoms with Crippen LogP contribution in [0.4, 0.5) is 5.69 Å². The third-order valence-corrected chi connectivity index (χ3v) is 4.16. The van der Waals surface area contributed by atoms with Gasteiger partial charge in [0.1, 0.15) is 23.2 Å². The van der Waals surface area contributed by atoms with Crippen LogP contribution in [-0.4, -0.2) is 23.8 Å². The van der Waals surface area contributed by atoms with Gasteiger partial charge in [0.25, 0.3) is 11.8 Å². The predicted octanol–water partition coefficient (Wildman–Crippen LogP) is 2.74. The molecule has 2 amide bonds. The molecule has 0 saturated carbocycles. The maximum absolute atomic E-state index is 12.1. The summed E-state index contributed by atoms with van der Waals surface area (Å²) in [6.45, 7) is 1.50. The Bertz CT molecular complexity index is 1120. The minimum absolute atomic E-state index is 0.121. The highest BCUT2D eigenvalue weighted by atomic mass is 16.6. The van der Waals surface area contributed by atoms with Crippen molar-refractivity contribution in [2.75, 3.05) is 7.11 Å². The van der Waals surface area contributed by atoms with Crippen LogP contribution in [-0.2, 0) is 9.59 Å². The maximum atomic E-state index is 12.1. The van der Waals surface area contributed by atoms with E-state index in [-0.39, 0.29) is 33.9 Å². The molecule has 0 spiro atoms. The highest BCUT2D eigenvalue weighted by Gasteiger charge is 2.27. The van der Waals surface area contributed by atoms with Gasteiger partial charge in [0.15, 0.2) is 5.75 Å². The molecule has 0 bridgehead atoms. The Morgan fingerprint density at radius 3 is 2.64 bits per heavy atom. The number of nitrogens with zero attached hydrogens (tertiary/aromatic N) is 2. The van der Waals surface area contributed by atoms with E-state index in [1.54, 1.807) is 24.3 Å². The van der Waals surface area contributed by atoms with Gasteiger partial charge in [-0.1, -0.05) is 0 Å². The van der Waals surface area contributed by atoms with Gasteiger partial charge in [-0.25, -0.2) is 0 Å². The van der Waals surface area contributed by atoms with Crippen molar-refractivity contribution in [1.29, 1.82) is 5.26 Å². The number of hydrogen-bond donors (Lipinski definition) is 1. The summed E-state index contributed by atoms with van der Waals surface area (Å²) in [7, 11) is 1.34. The predicted molar refractivity (Wildman–Crippen MR) is 96.8 cm³/mol. The number of furan rings is 1. The molecule has 0 fully saturated rings. The van der Waals surface area contributed by atoms with Crippen LogP contribution in [0.1, 0.15) is 12.7 Å². The molecular weight excluding hydrogens is 366 g/mol. The van der Waals surface area contributed by atoms with Gasteiger partial charge in [0.2, 0.25) is 0 Å². The first-order valence-electron chi connectivity index (χ1n) is 7.97. The van der Waals surface area contributed by atoms with Crippen LogP contribution in [0, 0.1) is 21.4 Å².